The van der Waals surface area contributed by atoms with Gasteiger partial charge in [0.05, 0.1) is 7.11 Å². The summed E-state index contributed by atoms with van der Waals surface area (Å²) >= 11 is 0. The van der Waals surface area contributed by atoms with Crippen LogP contribution in [0.1, 0.15) is 0 Å². The van der Waals surface area contributed by atoms with Gasteiger partial charge in [-0.15, -0.1) is 0 Å². The molecule has 3 rings (SSSR count). The van der Waals surface area contributed by atoms with Crippen molar-refractivity contribution < 1.29 is 30.5 Å². The summed E-state index contributed by atoms with van der Waals surface area (Å²) < 4.78 is 71.8. The molecular formula is C20H17F3O4S2. The van der Waals surface area contributed by atoms with Crippen LogP contribution in [0.2, 0.25) is 0 Å². The lowest BCUT2D eigenvalue weighted by Crippen LogP contribution is -2.28. The molecule has 3 aromatic carbocycles. The van der Waals surface area contributed by atoms with E-state index in [1.54, 1.807) is 60.7 Å². The number of alkyl halides is 3. The van der Waals surface area contributed by atoms with Gasteiger partial charge < -0.3 is 8.92 Å². The van der Waals surface area contributed by atoms with Gasteiger partial charge in [-0.2, -0.15) is 35.1 Å². The Morgan fingerprint density at radius 1 is 0.724 bits per heavy atom. The molecule has 154 valence electrons. The van der Waals surface area contributed by atoms with E-state index in [4.69, 9.17) is 4.74 Å². The minimum absolute atomic E-state index is 0. The van der Waals surface area contributed by atoms with E-state index in [-0.39, 0.29) is 19.1 Å². The molecule has 0 aromatic heterocycles. The van der Waals surface area contributed by atoms with Gasteiger partial charge in [0, 0.05) is 11.1 Å². The zero-order valence-corrected chi connectivity index (χ0v) is 16.9. The van der Waals surface area contributed by atoms with E-state index < -0.39 is 21.4 Å². The molecule has 0 aliphatic carbocycles. The second-order valence-corrected chi connectivity index (χ2v) is 7.27. The standard InChI is InChI=1S/C20H15F3O4S.H2S/c1-26-16-12-13-17(27-28(24,25)20(21,22)23)19(15-10-6-3-7-11-15)18(16)14-8-4-2-5-9-14;/h2-13H,1H3;1H2. The molecule has 4 nitrogen and oxygen atoms in total. The van der Waals surface area contributed by atoms with Crippen LogP contribution in [-0.4, -0.2) is 21.0 Å². The highest BCUT2D eigenvalue weighted by Crippen LogP contribution is 2.46. The first-order valence-corrected chi connectivity index (χ1v) is 9.48. The van der Waals surface area contributed by atoms with Crippen molar-refractivity contribution in [3.8, 4) is 33.8 Å². The number of halogens is 3. The minimum Gasteiger partial charge on any atom is -0.496 e. The number of rotatable bonds is 5. The number of ether oxygens (including phenoxy) is 1. The largest absolute Gasteiger partial charge is 0.534 e. The lowest BCUT2D eigenvalue weighted by Gasteiger charge is -2.19. The van der Waals surface area contributed by atoms with Crippen LogP contribution in [0.15, 0.2) is 72.8 Å². The van der Waals surface area contributed by atoms with Gasteiger partial charge in [0.1, 0.15) is 5.75 Å². The zero-order chi connectivity index (χ0) is 20.4. The molecule has 29 heavy (non-hydrogen) atoms. The lowest BCUT2D eigenvalue weighted by atomic mass is 9.93. The minimum atomic E-state index is -5.84. The molecule has 0 spiro atoms. The molecule has 0 saturated carbocycles. The van der Waals surface area contributed by atoms with E-state index in [9.17, 15) is 21.6 Å². The van der Waals surface area contributed by atoms with E-state index >= 15 is 0 Å². The van der Waals surface area contributed by atoms with Gasteiger partial charge in [-0.05, 0) is 23.3 Å². The Kier molecular flexibility index (Phi) is 6.86. The predicted molar refractivity (Wildman–Crippen MR) is 110 cm³/mol. The molecule has 0 fully saturated rings. The van der Waals surface area contributed by atoms with E-state index in [0.29, 0.717) is 22.4 Å². The van der Waals surface area contributed by atoms with Crippen LogP contribution < -0.4 is 8.92 Å². The van der Waals surface area contributed by atoms with Crippen molar-refractivity contribution >= 4 is 23.6 Å². The molecular weight excluding hydrogens is 425 g/mol. The van der Waals surface area contributed by atoms with Crippen molar-refractivity contribution in [3.05, 3.63) is 72.8 Å². The summed E-state index contributed by atoms with van der Waals surface area (Å²) in [6.07, 6.45) is 0. The van der Waals surface area contributed by atoms with Gasteiger partial charge in [-0.25, -0.2) is 0 Å². The van der Waals surface area contributed by atoms with Crippen LogP contribution in [0.3, 0.4) is 0 Å². The van der Waals surface area contributed by atoms with Crippen LogP contribution in [0.25, 0.3) is 22.3 Å². The molecule has 0 bridgehead atoms. The molecule has 0 unspecified atom stereocenters. The summed E-state index contributed by atoms with van der Waals surface area (Å²) in [5.41, 5.74) is -3.84. The van der Waals surface area contributed by atoms with Crippen LogP contribution >= 0.6 is 13.5 Å². The SMILES string of the molecule is COc1ccc(OS(=O)(=O)C(F)(F)F)c(-c2ccccc2)c1-c1ccccc1.S. The molecule has 0 saturated heterocycles. The smallest absolute Gasteiger partial charge is 0.496 e. The number of hydrogen-bond acceptors (Lipinski definition) is 4. The quantitative estimate of drug-likeness (QED) is 0.394. The molecule has 0 N–H and O–H groups in total. The first-order chi connectivity index (χ1) is 13.2. The third kappa shape index (κ3) is 4.68. The number of benzene rings is 3. The average molecular weight is 442 g/mol. The van der Waals surface area contributed by atoms with E-state index in [0.717, 1.165) is 6.07 Å². The van der Waals surface area contributed by atoms with Gasteiger partial charge in [-0.3, -0.25) is 0 Å². The fraction of sp³-hybridized carbons (Fsp3) is 0.100. The molecule has 0 amide bonds. The highest BCUT2D eigenvalue weighted by molar-refractivity contribution is 7.88. The average Bonchev–Trinajstić information content (AvgIpc) is 2.68. The third-order valence-electron chi connectivity index (χ3n) is 3.96. The Bertz CT molecular complexity index is 1070. The van der Waals surface area contributed by atoms with Crippen molar-refractivity contribution in [1.82, 2.24) is 0 Å². The summed E-state index contributed by atoms with van der Waals surface area (Å²) in [6.45, 7) is 0. The molecule has 0 heterocycles. The number of methoxy groups -OCH3 is 1. The second-order valence-electron chi connectivity index (χ2n) is 5.73. The van der Waals surface area contributed by atoms with Crippen LogP contribution in [0.4, 0.5) is 13.2 Å². The monoisotopic (exact) mass is 442 g/mol. The Hall–Kier alpha value is -2.65. The molecule has 3 aromatic rings. The highest BCUT2D eigenvalue weighted by atomic mass is 32.2. The van der Waals surface area contributed by atoms with E-state index in [1.165, 1.54) is 13.2 Å². The first kappa shape index (κ1) is 22.6. The second kappa shape index (κ2) is 8.79. The van der Waals surface area contributed by atoms with Gasteiger partial charge in [0.15, 0.2) is 5.75 Å². The van der Waals surface area contributed by atoms with Gasteiger partial charge in [0.25, 0.3) is 0 Å². The maximum atomic E-state index is 12.9. The lowest BCUT2D eigenvalue weighted by molar-refractivity contribution is -0.0499. The van der Waals surface area contributed by atoms with Crippen molar-refractivity contribution in [2.45, 2.75) is 5.51 Å². The maximum Gasteiger partial charge on any atom is 0.534 e. The Morgan fingerprint density at radius 2 is 1.14 bits per heavy atom. The topological polar surface area (TPSA) is 52.6 Å². The summed E-state index contributed by atoms with van der Waals surface area (Å²) in [4.78, 5) is 0. The summed E-state index contributed by atoms with van der Waals surface area (Å²) in [6, 6.07) is 19.7. The summed E-state index contributed by atoms with van der Waals surface area (Å²) in [5, 5.41) is 0. The molecule has 9 heteroatoms. The molecule has 0 atom stereocenters. The van der Waals surface area contributed by atoms with Crippen LogP contribution in [-0.2, 0) is 10.1 Å². The highest BCUT2D eigenvalue weighted by Gasteiger charge is 2.49. The number of hydrogen-bond donors (Lipinski definition) is 0. The van der Waals surface area contributed by atoms with Crippen molar-refractivity contribution in [1.29, 1.82) is 0 Å². The van der Waals surface area contributed by atoms with Crippen LogP contribution in [0.5, 0.6) is 11.5 Å². The van der Waals surface area contributed by atoms with Gasteiger partial charge >= 0.3 is 15.6 Å². The van der Waals surface area contributed by atoms with Gasteiger partial charge in [-0.1, -0.05) is 60.7 Å². The molecule has 0 radical (unpaired) electrons. The predicted octanol–water partition coefficient (Wildman–Crippen LogP) is 5.37. The van der Waals surface area contributed by atoms with Crippen molar-refractivity contribution in [2.24, 2.45) is 0 Å². The van der Waals surface area contributed by atoms with Crippen molar-refractivity contribution in [2.75, 3.05) is 7.11 Å². The van der Waals surface area contributed by atoms with E-state index in [1.807, 2.05) is 0 Å². The maximum absolute atomic E-state index is 12.9. The fourth-order valence-electron chi connectivity index (χ4n) is 2.75. The molecule has 0 aliphatic heterocycles. The van der Waals surface area contributed by atoms with Crippen molar-refractivity contribution in [3.63, 3.8) is 0 Å². The van der Waals surface area contributed by atoms with Gasteiger partial charge in [0.2, 0.25) is 0 Å². The first-order valence-electron chi connectivity index (χ1n) is 8.07. The normalized spacial score (nSPS) is 11.4. The Balaban J connectivity index is 0.00000300. The third-order valence-corrected chi connectivity index (χ3v) is 4.92. The summed E-state index contributed by atoms with van der Waals surface area (Å²) in [7, 11) is -4.42. The zero-order valence-electron chi connectivity index (χ0n) is 15.1. The molecule has 0 aliphatic rings. The Labute approximate surface area is 173 Å². The van der Waals surface area contributed by atoms with E-state index in [2.05, 4.69) is 4.18 Å². The summed E-state index contributed by atoms with van der Waals surface area (Å²) in [5.74, 6) is -0.0787. The Morgan fingerprint density at radius 3 is 1.55 bits per heavy atom. The van der Waals surface area contributed by atoms with Crippen LogP contribution in [0, 0.1) is 0 Å². The fourth-order valence-corrected chi connectivity index (χ4v) is 3.22.